The molecule has 1 saturated carbocycles. The molecule has 1 aromatic carbocycles. The Hall–Kier alpha value is -1.87. The third-order valence-electron chi connectivity index (χ3n) is 4.22. The maximum Gasteiger partial charge on any atom is 0.258 e. The first-order valence-electron chi connectivity index (χ1n) is 7.20. The van der Waals surface area contributed by atoms with Crippen LogP contribution in [0.4, 0.5) is 5.69 Å². The van der Waals surface area contributed by atoms with Crippen molar-refractivity contribution >= 4 is 23.2 Å². The van der Waals surface area contributed by atoms with E-state index in [-0.39, 0.29) is 5.91 Å². The molecule has 4 rings (SSSR count). The highest BCUT2D eigenvalue weighted by molar-refractivity contribution is 6.31. The molecule has 0 unspecified atom stereocenters. The minimum absolute atomic E-state index is 0.0158. The van der Waals surface area contributed by atoms with Crippen LogP contribution in [-0.4, -0.2) is 17.4 Å². The number of pyridine rings is 1. The van der Waals surface area contributed by atoms with Crippen LogP contribution in [-0.2, 0) is 6.42 Å². The van der Waals surface area contributed by atoms with E-state index in [1.807, 2.05) is 29.4 Å². The average molecular weight is 298 g/mol. The van der Waals surface area contributed by atoms with Gasteiger partial charge < -0.3 is 4.90 Å². The zero-order valence-electron chi connectivity index (χ0n) is 11.5. The Balaban J connectivity index is 1.76. The summed E-state index contributed by atoms with van der Waals surface area (Å²) in [5, 5.41) is 0.484. The Labute approximate surface area is 128 Å². The summed E-state index contributed by atoms with van der Waals surface area (Å²) in [6.45, 7) is 0.687. The average Bonchev–Trinajstić information content (AvgIpc) is 3.33. The van der Waals surface area contributed by atoms with Gasteiger partial charge in [0.25, 0.3) is 5.91 Å². The summed E-state index contributed by atoms with van der Waals surface area (Å²) in [7, 11) is 0. The number of hydrogen-bond donors (Lipinski definition) is 0. The standard InChI is InChI=1S/C17H14ClN2O/c18-13-4-3-12-6-8-20(17(21)15(12)9-13)16-10-19-7-5-14(16)11-1-2-11/h3,5,7,9-11H,1-2,6,8H2. The molecule has 0 atom stereocenters. The van der Waals surface area contributed by atoms with Gasteiger partial charge in [-0.1, -0.05) is 11.6 Å². The van der Waals surface area contributed by atoms with E-state index >= 15 is 0 Å². The van der Waals surface area contributed by atoms with Crippen molar-refractivity contribution in [3.05, 3.63) is 58.4 Å². The molecule has 1 fully saturated rings. The van der Waals surface area contributed by atoms with Gasteiger partial charge in [0.1, 0.15) is 0 Å². The molecule has 4 heteroatoms. The van der Waals surface area contributed by atoms with Crippen LogP contribution in [0.5, 0.6) is 0 Å². The minimum Gasteiger partial charge on any atom is -0.306 e. The van der Waals surface area contributed by atoms with Crippen LogP contribution in [0, 0.1) is 6.07 Å². The van der Waals surface area contributed by atoms with E-state index in [9.17, 15) is 4.79 Å². The lowest BCUT2D eigenvalue weighted by molar-refractivity contribution is 0.0980. The van der Waals surface area contributed by atoms with Crippen molar-refractivity contribution in [3.8, 4) is 0 Å². The van der Waals surface area contributed by atoms with Crippen LogP contribution in [0.3, 0.4) is 0 Å². The summed E-state index contributed by atoms with van der Waals surface area (Å²) in [6, 6.07) is 8.55. The van der Waals surface area contributed by atoms with Crippen LogP contribution in [0.2, 0.25) is 5.02 Å². The van der Waals surface area contributed by atoms with Crippen molar-refractivity contribution in [2.75, 3.05) is 11.4 Å². The number of halogens is 1. The molecular formula is C17H14ClN2O. The maximum atomic E-state index is 12.8. The topological polar surface area (TPSA) is 33.2 Å². The third-order valence-corrected chi connectivity index (χ3v) is 4.44. The molecule has 1 aromatic heterocycles. The summed E-state index contributed by atoms with van der Waals surface area (Å²) >= 11 is 5.99. The lowest BCUT2D eigenvalue weighted by atomic mass is 9.97. The van der Waals surface area contributed by atoms with Gasteiger partial charge in [-0.25, -0.2) is 0 Å². The molecule has 2 aliphatic rings. The largest absolute Gasteiger partial charge is 0.306 e. The second-order valence-electron chi connectivity index (χ2n) is 5.64. The highest BCUT2D eigenvalue weighted by atomic mass is 35.5. The van der Waals surface area contributed by atoms with E-state index in [2.05, 4.69) is 11.1 Å². The normalized spacial score (nSPS) is 17.8. The molecule has 1 aliphatic heterocycles. The number of anilines is 1. The molecule has 0 N–H and O–H groups in total. The van der Waals surface area contributed by atoms with Crippen molar-refractivity contribution < 1.29 is 4.79 Å². The number of hydrogen-bond acceptors (Lipinski definition) is 2. The maximum absolute atomic E-state index is 12.8. The second-order valence-corrected chi connectivity index (χ2v) is 6.04. The predicted molar refractivity (Wildman–Crippen MR) is 81.9 cm³/mol. The molecule has 0 saturated heterocycles. The number of benzene rings is 1. The SMILES string of the molecule is O=C1c2cc(Cl)[c]cc2CCN1c1cnccc1C1CC1. The number of fused-ring (bicyclic) bond motifs is 1. The minimum atomic E-state index is 0.0158. The summed E-state index contributed by atoms with van der Waals surface area (Å²) in [4.78, 5) is 18.8. The highest BCUT2D eigenvalue weighted by Gasteiger charge is 2.32. The van der Waals surface area contributed by atoms with Gasteiger partial charge in [-0.15, -0.1) is 0 Å². The number of rotatable bonds is 2. The number of aromatic nitrogens is 1. The second kappa shape index (κ2) is 4.85. The van der Waals surface area contributed by atoms with Gasteiger partial charge in [0.05, 0.1) is 11.9 Å². The van der Waals surface area contributed by atoms with Crippen LogP contribution in [0.15, 0.2) is 30.6 Å². The Morgan fingerprint density at radius 1 is 1.38 bits per heavy atom. The fourth-order valence-corrected chi connectivity index (χ4v) is 3.14. The molecule has 0 spiro atoms. The molecule has 0 bridgehead atoms. The number of carbonyl (C=O) groups excluding carboxylic acids is 1. The van der Waals surface area contributed by atoms with Crippen LogP contribution in [0.1, 0.15) is 40.2 Å². The molecule has 2 aromatic rings. The van der Waals surface area contributed by atoms with Gasteiger partial charge in [-0.05, 0) is 54.5 Å². The molecule has 1 amide bonds. The number of amides is 1. The Kier molecular flexibility index (Phi) is 2.96. The van der Waals surface area contributed by atoms with Gasteiger partial charge in [0.15, 0.2) is 0 Å². The van der Waals surface area contributed by atoms with E-state index < -0.39 is 0 Å². The van der Waals surface area contributed by atoms with Crippen molar-refractivity contribution in [1.82, 2.24) is 4.98 Å². The molecular weight excluding hydrogens is 284 g/mol. The van der Waals surface area contributed by atoms with Gasteiger partial charge in [-0.2, -0.15) is 0 Å². The lowest BCUT2D eigenvalue weighted by Crippen LogP contribution is -2.38. The zero-order chi connectivity index (χ0) is 14.4. The summed E-state index contributed by atoms with van der Waals surface area (Å²) in [6.07, 6.45) is 6.86. The van der Waals surface area contributed by atoms with Gasteiger partial charge >= 0.3 is 0 Å². The Morgan fingerprint density at radius 3 is 3.05 bits per heavy atom. The fraction of sp³-hybridized carbons (Fsp3) is 0.294. The van der Waals surface area contributed by atoms with Crippen molar-refractivity contribution in [2.45, 2.75) is 25.2 Å². The first-order valence-corrected chi connectivity index (χ1v) is 7.58. The van der Waals surface area contributed by atoms with E-state index in [0.29, 0.717) is 23.0 Å². The van der Waals surface area contributed by atoms with Crippen molar-refractivity contribution in [2.24, 2.45) is 0 Å². The molecule has 105 valence electrons. The van der Waals surface area contributed by atoms with E-state index in [1.165, 1.54) is 18.4 Å². The number of nitrogens with zero attached hydrogens (tertiary/aromatic N) is 2. The summed E-state index contributed by atoms with van der Waals surface area (Å²) in [5.74, 6) is 0.604. The smallest absolute Gasteiger partial charge is 0.258 e. The van der Waals surface area contributed by atoms with Crippen LogP contribution in [0.25, 0.3) is 0 Å². The number of carbonyl (C=O) groups is 1. The molecule has 21 heavy (non-hydrogen) atoms. The molecule has 1 aliphatic carbocycles. The van der Waals surface area contributed by atoms with E-state index in [4.69, 9.17) is 11.6 Å². The van der Waals surface area contributed by atoms with Crippen molar-refractivity contribution in [1.29, 1.82) is 0 Å². The molecule has 2 heterocycles. The van der Waals surface area contributed by atoms with E-state index in [0.717, 1.165) is 17.7 Å². The van der Waals surface area contributed by atoms with Gasteiger partial charge in [0.2, 0.25) is 0 Å². The summed E-state index contributed by atoms with van der Waals surface area (Å²) < 4.78 is 0. The van der Waals surface area contributed by atoms with Crippen molar-refractivity contribution in [3.63, 3.8) is 0 Å². The molecule has 1 radical (unpaired) electrons. The van der Waals surface area contributed by atoms with Crippen LogP contribution < -0.4 is 4.90 Å². The van der Waals surface area contributed by atoms with Crippen LogP contribution >= 0.6 is 11.6 Å². The third kappa shape index (κ3) is 2.22. The monoisotopic (exact) mass is 297 g/mol. The van der Waals surface area contributed by atoms with Gasteiger partial charge in [-0.3, -0.25) is 9.78 Å². The lowest BCUT2D eigenvalue weighted by Gasteiger charge is -2.30. The first kappa shape index (κ1) is 12.8. The van der Waals surface area contributed by atoms with Gasteiger partial charge in [0, 0.05) is 29.4 Å². The summed E-state index contributed by atoms with van der Waals surface area (Å²) in [5.41, 5.74) is 3.92. The molecule has 3 nitrogen and oxygen atoms in total. The predicted octanol–water partition coefficient (Wildman–Crippen LogP) is 3.62. The quantitative estimate of drug-likeness (QED) is 0.848. The fourth-order valence-electron chi connectivity index (χ4n) is 2.97. The van der Waals surface area contributed by atoms with E-state index in [1.54, 1.807) is 6.07 Å². The Bertz CT molecular complexity index is 724. The first-order chi connectivity index (χ1) is 10.2. The highest BCUT2D eigenvalue weighted by Crippen LogP contribution is 2.44. The zero-order valence-corrected chi connectivity index (χ0v) is 12.2. The Morgan fingerprint density at radius 2 is 2.24 bits per heavy atom.